The molecule has 36 heavy (non-hydrogen) atoms. The Balaban J connectivity index is 2.34. The molecule has 4 heteroatoms. The van der Waals surface area contributed by atoms with Crippen molar-refractivity contribution in [3.05, 3.63) is 95.8 Å². The highest BCUT2D eigenvalue weighted by Crippen LogP contribution is 2.33. The lowest BCUT2D eigenvalue weighted by Crippen LogP contribution is -2.02. The molecule has 1 aliphatic rings. The summed E-state index contributed by atoms with van der Waals surface area (Å²) in [7, 11) is 5.83. The number of hydrogen-bond acceptors (Lipinski definition) is 3. The van der Waals surface area contributed by atoms with Crippen LogP contribution in [0.15, 0.2) is 94.6 Å². The molecule has 0 amide bonds. The van der Waals surface area contributed by atoms with Crippen molar-refractivity contribution in [1.82, 2.24) is 4.90 Å². The topological polar surface area (TPSA) is 28.0 Å². The van der Waals surface area contributed by atoms with Crippen LogP contribution in [-0.4, -0.2) is 42.4 Å². The second-order valence-electron chi connectivity index (χ2n) is 9.50. The number of aliphatic imine (C=N–C) groups is 2. The standard InChI is InChI=1S/C32H42IN3/c1-8-12-30(21-34-5)32(24(3)13-10-14-26-17-18-31(33)19-26)22-35-25(4)28-15-11-16-29(20-28)27(9-2)23-36(6)7/h9-13,15-16,20-23,26,31H,2,4,8,14,17-19H2,1,3,5-7H3/b13-10+,27-23+,30-12-,32-24-,34-21-,35-22-/t26-,31+/m0/s1. The van der Waals surface area contributed by atoms with E-state index in [1.165, 1.54) is 24.8 Å². The Morgan fingerprint density at radius 1 is 1.19 bits per heavy atom. The number of rotatable bonds is 12. The van der Waals surface area contributed by atoms with Crippen LogP contribution >= 0.6 is 22.6 Å². The molecule has 2 rings (SSSR count). The highest BCUT2D eigenvalue weighted by Gasteiger charge is 2.21. The molecule has 1 fully saturated rings. The molecule has 0 aromatic heterocycles. The van der Waals surface area contributed by atoms with E-state index >= 15 is 0 Å². The molecule has 0 heterocycles. The van der Waals surface area contributed by atoms with E-state index in [9.17, 15) is 0 Å². The minimum Gasteiger partial charge on any atom is -0.383 e. The average Bonchev–Trinajstić information content (AvgIpc) is 3.27. The fourth-order valence-corrected chi connectivity index (χ4v) is 5.45. The lowest BCUT2D eigenvalue weighted by molar-refractivity contribution is 0.560. The number of allylic oxidation sites excluding steroid dienone is 8. The third kappa shape index (κ3) is 9.53. The summed E-state index contributed by atoms with van der Waals surface area (Å²) in [6, 6.07) is 8.29. The van der Waals surface area contributed by atoms with Gasteiger partial charge in [-0.3, -0.25) is 9.98 Å². The van der Waals surface area contributed by atoms with E-state index in [-0.39, 0.29) is 0 Å². The monoisotopic (exact) mass is 595 g/mol. The lowest BCUT2D eigenvalue weighted by atomic mass is 9.99. The molecule has 1 aliphatic carbocycles. The fraction of sp³-hybridized carbons (Fsp3) is 0.375. The third-order valence-corrected chi connectivity index (χ3v) is 7.37. The average molecular weight is 596 g/mol. The number of halogens is 1. The summed E-state index contributed by atoms with van der Waals surface area (Å²) in [6.45, 7) is 12.5. The Morgan fingerprint density at radius 2 is 1.94 bits per heavy atom. The van der Waals surface area contributed by atoms with E-state index in [0.717, 1.165) is 56.2 Å². The van der Waals surface area contributed by atoms with E-state index in [0.29, 0.717) is 0 Å². The van der Waals surface area contributed by atoms with E-state index < -0.39 is 0 Å². The van der Waals surface area contributed by atoms with Gasteiger partial charge in [0.05, 0.1) is 5.70 Å². The third-order valence-electron chi connectivity index (χ3n) is 6.24. The first-order valence-electron chi connectivity index (χ1n) is 12.8. The molecule has 0 aliphatic heterocycles. The zero-order valence-electron chi connectivity index (χ0n) is 22.7. The van der Waals surface area contributed by atoms with Crippen molar-refractivity contribution < 1.29 is 0 Å². The normalized spacial score (nSPS) is 19.9. The lowest BCUT2D eigenvalue weighted by Gasteiger charge is -2.11. The van der Waals surface area contributed by atoms with E-state index in [4.69, 9.17) is 4.99 Å². The minimum absolute atomic E-state index is 0.725. The molecule has 0 spiro atoms. The van der Waals surface area contributed by atoms with Gasteiger partial charge in [0.15, 0.2) is 0 Å². The molecule has 0 N–H and O–H groups in total. The van der Waals surface area contributed by atoms with Crippen molar-refractivity contribution in [1.29, 1.82) is 0 Å². The molecular formula is C32H42IN3. The zero-order chi connectivity index (χ0) is 26.5. The summed E-state index contributed by atoms with van der Waals surface area (Å²) in [5.74, 6) is 0.810. The van der Waals surface area contributed by atoms with Crippen LogP contribution in [0.3, 0.4) is 0 Å². The van der Waals surface area contributed by atoms with Crippen molar-refractivity contribution in [3.8, 4) is 0 Å². The molecule has 1 aromatic rings. The van der Waals surface area contributed by atoms with Crippen LogP contribution < -0.4 is 0 Å². The minimum atomic E-state index is 0.725. The second-order valence-corrected chi connectivity index (χ2v) is 11.3. The summed E-state index contributed by atoms with van der Waals surface area (Å²) >= 11 is 2.59. The Hall–Kier alpha value is -2.47. The van der Waals surface area contributed by atoms with Crippen molar-refractivity contribution in [2.24, 2.45) is 15.9 Å². The van der Waals surface area contributed by atoms with Gasteiger partial charge in [-0.15, -0.1) is 0 Å². The summed E-state index contributed by atoms with van der Waals surface area (Å²) in [5, 5.41) is 0. The maximum atomic E-state index is 4.81. The molecule has 1 saturated carbocycles. The van der Waals surface area contributed by atoms with E-state index in [1.807, 2.05) is 56.7 Å². The smallest absolute Gasteiger partial charge is 0.0630 e. The maximum Gasteiger partial charge on any atom is 0.0630 e. The first-order chi connectivity index (χ1) is 17.3. The Bertz CT molecular complexity index is 1080. The predicted octanol–water partition coefficient (Wildman–Crippen LogP) is 8.72. The van der Waals surface area contributed by atoms with Gasteiger partial charge < -0.3 is 4.90 Å². The van der Waals surface area contributed by atoms with Crippen LogP contribution in [-0.2, 0) is 0 Å². The fourth-order valence-electron chi connectivity index (χ4n) is 4.37. The van der Waals surface area contributed by atoms with Crippen molar-refractivity contribution in [2.75, 3.05) is 21.1 Å². The van der Waals surface area contributed by atoms with Gasteiger partial charge in [0.25, 0.3) is 0 Å². The predicted molar refractivity (Wildman–Crippen MR) is 170 cm³/mol. The van der Waals surface area contributed by atoms with Gasteiger partial charge in [0.1, 0.15) is 0 Å². The largest absolute Gasteiger partial charge is 0.383 e. The Labute approximate surface area is 233 Å². The molecule has 0 bridgehead atoms. The van der Waals surface area contributed by atoms with Gasteiger partial charge in [0, 0.05) is 54.8 Å². The number of alkyl halides is 1. The van der Waals surface area contributed by atoms with Crippen LogP contribution in [0.25, 0.3) is 11.3 Å². The maximum absolute atomic E-state index is 4.81. The van der Waals surface area contributed by atoms with Crippen LogP contribution in [0.2, 0.25) is 0 Å². The summed E-state index contributed by atoms with van der Waals surface area (Å²) in [5.41, 5.74) is 7.21. The van der Waals surface area contributed by atoms with Gasteiger partial charge in [-0.2, -0.15) is 0 Å². The molecule has 2 atom stereocenters. The second kappa shape index (κ2) is 15.6. The first kappa shape index (κ1) is 29.8. The Kier molecular flexibility index (Phi) is 12.9. The van der Waals surface area contributed by atoms with Gasteiger partial charge >= 0.3 is 0 Å². The van der Waals surface area contributed by atoms with Crippen LogP contribution in [0.4, 0.5) is 0 Å². The van der Waals surface area contributed by atoms with Gasteiger partial charge in [0.2, 0.25) is 0 Å². The number of benzene rings is 1. The highest BCUT2D eigenvalue weighted by molar-refractivity contribution is 14.1. The summed E-state index contributed by atoms with van der Waals surface area (Å²) in [6.07, 6.45) is 20.7. The molecule has 1 aromatic carbocycles. The van der Waals surface area contributed by atoms with Crippen molar-refractivity contribution >= 4 is 46.3 Å². The van der Waals surface area contributed by atoms with Gasteiger partial charge in [-0.1, -0.05) is 85.2 Å². The molecule has 0 saturated heterocycles. The molecule has 0 unspecified atom stereocenters. The van der Waals surface area contributed by atoms with Crippen LogP contribution in [0.1, 0.15) is 57.1 Å². The number of nitrogens with zero attached hydrogens (tertiary/aromatic N) is 3. The van der Waals surface area contributed by atoms with Crippen molar-refractivity contribution in [3.63, 3.8) is 0 Å². The quantitative estimate of drug-likeness (QED) is 0.103. The van der Waals surface area contributed by atoms with Gasteiger partial charge in [-0.25, -0.2) is 0 Å². The SMILES string of the molecule is C=C/C(=C\N(C)C)c1cccc(C(=C)\N=C/C(C(/C=N\C)=C\CC)=C(C)/C=C/C[C@H]2CC[C@@H](I)C2)c1. The molecule has 0 radical (unpaired) electrons. The van der Waals surface area contributed by atoms with E-state index in [1.54, 1.807) is 0 Å². The molecular weight excluding hydrogens is 553 g/mol. The first-order valence-corrected chi connectivity index (χ1v) is 14.0. The van der Waals surface area contributed by atoms with E-state index in [2.05, 4.69) is 91.1 Å². The van der Waals surface area contributed by atoms with Gasteiger partial charge in [-0.05, 0) is 73.3 Å². The zero-order valence-corrected chi connectivity index (χ0v) is 24.8. The highest BCUT2D eigenvalue weighted by atomic mass is 127. The molecule has 3 nitrogen and oxygen atoms in total. The molecule has 192 valence electrons. The summed E-state index contributed by atoms with van der Waals surface area (Å²) < 4.78 is 0.839. The van der Waals surface area contributed by atoms with Crippen LogP contribution in [0.5, 0.6) is 0 Å². The van der Waals surface area contributed by atoms with Crippen LogP contribution in [0, 0.1) is 5.92 Å². The number of hydrogen-bond donors (Lipinski definition) is 0. The summed E-state index contributed by atoms with van der Waals surface area (Å²) in [4.78, 5) is 11.1. The van der Waals surface area contributed by atoms with Crippen molar-refractivity contribution in [2.45, 2.75) is 49.9 Å². The Morgan fingerprint density at radius 3 is 2.56 bits per heavy atom.